The number of hydrogen-bond donors (Lipinski definition) is 3. The predicted octanol–water partition coefficient (Wildman–Crippen LogP) is 2.57. The number of aromatic nitrogens is 2. The van der Waals surface area contributed by atoms with Crippen LogP contribution in [0, 0.1) is 6.92 Å². The third-order valence-corrected chi connectivity index (χ3v) is 5.40. The third-order valence-electron chi connectivity index (χ3n) is 5.40. The number of anilines is 1. The molecule has 3 N–H and O–H groups in total. The Hall–Kier alpha value is -4.08. The molecule has 0 radical (unpaired) electrons. The van der Waals surface area contributed by atoms with E-state index in [-0.39, 0.29) is 6.42 Å². The van der Waals surface area contributed by atoms with Crippen molar-refractivity contribution in [3.8, 4) is 5.69 Å². The number of alkyl carbamates (subject to hydrolysis) is 1. The monoisotopic (exact) mass is 482 g/mol. The number of fused-ring (bicyclic) bond motifs is 1. The lowest BCUT2D eigenvalue weighted by Gasteiger charge is -2.22. The standard InChI is InChI=1S/C25H30N4O6/c1-14-19(28(5)6)12-11-17-20(14)21(30)29(23(33)26-17)16-9-7-15(8-10-16)13-18(22(31)32)27-24(34)35-25(2,3)4/h7-12,18H,13H2,1-6H3,(H,26,33)(H,27,34)(H,31,32)/t18-/m0/s1. The molecule has 0 saturated heterocycles. The molecule has 0 bridgehead atoms. The minimum Gasteiger partial charge on any atom is -0.480 e. The highest BCUT2D eigenvalue weighted by molar-refractivity contribution is 5.86. The summed E-state index contributed by atoms with van der Waals surface area (Å²) in [5.41, 5.74) is 1.19. The van der Waals surface area contributed by atoms with Gasteiger partial charge in [0, 0.05) is 26.2 Å². The van der Waals surface area contributed by atoms with Crippen LogP contribution in [0.2, 0.25) is 0 Å². The minimum atomic E-state index is -1.21. The molecular weight excluding hydrogens is 452 g/mol. The summed E-state index contributed by atoms with van der Waals surface area (Å²) in [6.45, 7) is 6.87. The molecule has 0 saturated carbocycles. The Kier molecular flexibility index (Phi) is 7.04. The van der Waals surface area contributed by atoms with Crippen LogP contribution in [0.3, 0.4) is 0 Å². The van der Waals surface area contributed by atoms with Gasteiger partial charge in [0.2, 0.25) is 0 Å². The van der Waals surface area contributed by atoms with Crippen LogP contribution in [-0.2, 0) is 16.0 Å². The van der Waals surface area contributed by atoms with Crippen LogP contribution >= 0.6 is 0 Å². The van der Waals surface area contributed by atoms with Crippen molar-refractivity contribution >= 4 is 28.7 Å². The maximum Gasteiger partial charge on any atom is 0.408 e. The first kappa shape index (κ1) is 25.5. The normalized spacial score (nSPS) is 12.3. The highest BCUT2D eigenvalue weighted by Crippen LogP contribution is 2.23. The molecule has 1 amide bonds. The second-order valence-electron chi connectivity index (χ2n) is 9.51. The second-order valence-corrected chi connectivity index (χ2v) is 9.51. The van der Waals surface area contributed by atoms with Gasteiger partial charge >= 0.3 is 17.8 Å². The zero-order valence-corrected chi connectivity index (χ0v) is 20.6. The number of benzene rings is 2. The zero-order chi connectivity index (χ0) is 26.1. The van der Waals surface area contributed by atoms with E-state index in [1.807, 2.05) is 32.0 Å². The van der Waals surface area contributed by atoms with Gasteiger partial charge in [-0.05, 0) is 63.1 Å². The largest absolute Gasteiger partial charge is 0.480 e. The number of carbonyl (C=O) groups is 2. The SMILES string of the molecule is Cc1c(N(C)C)ccc2[nH]c(=O)n(-c3ccc(C[C@H](NC(=O)OC(C)(C)C)C(=O)O)cc3)c(=O)c12. The Balaban J connectivity index is 1.93. The van der Waals surface area contributed by atoms with Crippen molar-refractivity contribution in [1.29, 1.82) is 0 Å². The van der Waals surface area contributed by atoms with Crippen LogP contribution in [0.5, 0.6) is 0 Å². The summed E-state index contributed by atoms with van der Waals surface area (Å²) in [7, 11) is 3.75. The fourth-order valence-corrected chi connectivity index (χ4v) is 3.84. The first-order valence-corrected chi connectivity index (χ1v) is 11.1. The Morgan fingerprint density at radius 3 is 2.29 bits per heavy atom. The molecule has 10 nitrogen and oxygen atoms in total. The molecule has 2 aromatic carbocycles. The average Bonchev–Trinajstić information content (AvgIpc) is 2.72. The van der Waals surface area contributed by atoms with E-state index in [0.717, 1.165) is 15.8 Å². The molecule has 0 aliphatic rings. The molecule has 35 heavy (non-hydrogen) atoms. The Labute approximate surface area is 202 Å². The Morgan fingerprint density at radius 2 is 1.74 bits per heavy atom. The van der Waals surface area contributed by atoms with E-state index in [1.54, 1.807) is 51.1 Å². The van der Waals surface area contributed by atoms with Gasteiger partial charge in [0.1, 0.15) is 11.6 Å². The Morgan fingerprint density at radius 1 is 1.11 bits per heavy atom. The molecule has 1 atom stereocenters. The van der Waals surface area contributed by atoms with Gasteiger partial charge in [0.25, 0.3) is 5.56 Å². The van der Waals surface area contributed by atoms with Gasteiger partial charge in [0.15, 0.2) is 0 Å². The van der Waals surface area contributed by atoms with Crippen LogP contribution in [0.15, 0.2) is 46.0 Å². The van der Waals surface area contributed by atoms with Crippen LogP contribution in [0.1, 0.15) is 31.9 Å². The molecule has 0 spiro atoms. The summed E-state index contributed by atoms with van der Waals surface area (Å²) in [5.74, 6) is -1.21. The summed E-state index contributed by atoms with van der Waals surface area (Å²) in [4.78, 5) is 54.3. The number of hydrogen-bond acceptors (Lipinski definition) is 6. The van der Waals surface area contributed by atoms with Crippen molar-refractivity contribution in [2.24, 2.45) is 0 Å². The molecule has 0 fully saturated rings. The van der Waals surface area contributed by atoms with E-state index in [9.17, 15) is 24.3 Å². The number of rotatable bonds is 6. The summed E-state index contributed by atoms with van der Waals surface area (Å²) in [6.07, 6.45) is -0.841. The minimum absolute atomic E-state index is 0.0108. The highest BCUT2D eigenvalue weighted by atomic mass is 16.6. The van der Waals surface area contributed by atoms with Crippen molar-refractivity contribution in [1.82, 2.24) is 14.9 Å². The predicted molar refractivity (Wildman–Crippen MR) is 134 cm³/mol. The number of aliphatic carboxylic acids is 1. The quantitative estimate of drug-likeness (QED) is 0.492. The van der Waals surface area contributed by atoms with Gasteiger partial charge in [-0.3, -0.25) is 4.79 Å². The van der Waals surface area contributed by atoms with Gasteiger partial charge in [-0.1, -0.05) is 12.1 Å². The number of carbonyl (C=O) groups excluding carboxylic acids is 1. The molecule has 1 heterocycles. The van der Waals surface area contributed by atoms with Gasteiger partial charge in [-0.2, -0.15) is 0 Å². The van der Waals surface area contributed by atoms with Crippen molar-refractivity contribution in [2.45, 2.75) is 45.8 Å². The molecular formula is C25H30N4O6. The van der Waals surface area contributed by atoms with E-state index in [1.165, 1.54) is 0 Å². The zero-order valence-electron chi connectivity index (χ0n) is 20.6. The van der Waals surface area contributed by atoms with E-state index < -0.39 is 35.0 Å². The number of H-pyrrole nitrogens is 1. The maximum atomic E-state index is 13.3. The van der Waals surface area contributed by atoms with Crippen molar-refractivity contribution in [2.75, 3.05) is 19.0 Å². The highest BCUT2D eigenvalue weighted by Gasteiger charge is 2.24. The number of nitrogens with zero attached hydrogens (tertiary/aromatic N) is 2. The van der Waals surface area contributed by atoms with Gasteiger partial charge in [-0.25, -0.2) is 19.0 Å². The summed E-state index contributed by atoms with van der Waals surface area (Å²) in [6, 6.07) is 8.69. The lowest BCUT2D eigenvalue weighted by molar-refractivity contribution is -0.139. The van der Waals surface area contributed by atoms with Crippen LogP contribution in [0.25, 0.3) is 16.6 Å². The molecule has 3 aromatic rings. The first-order chi connectivity index (χ1) is 16.3. The number of aryl methyl sites for hydroxylation is 1. The van der Waals surface area contributed by atoms with Crippen molar-refractivity contribution in [3.05, 3.63) is 68.4 Å². The number of carboxylic acid groups (broad SMARTS) is 1. The smallest absolute Gasteiger partial charge is 0.408 e. The third kappa shape index (κ3) is 5.71. The van der Waals surface area contributed by atoms with Crippen LogP contribution in [0.4, 0.5) is 10.5 Å². The topological polar surface area (TPSA) is 134 Å². The number of ether oxygens (including phenoxy) is 1. The summed E-state index contributed by atoms with van der Waals surface area (Å²) in [5, 5.41) is 12.3. The number of nitrogens with one attached hydrogen (secondary N) is 2. The summed E-state index contributed by atoms with van der Waals surface area (Å²) >= 11 is 0. The molecule has 1 aromatic heterocycles. The maximum absolute atomic E-state index is 13.3. The number of aromatic amines is 1. The summed E-state index contributed by atoms with van der Waals surface area (Å²) < 4.78 is 6.18. The number of amides is 1. The van der Waals surface area contributed by atoms with Crippen molar-refractivity contribution < 1.29 is 19.4 Å². The fraction of sp³-hybridized carbons (Fsp3) is 0.360. The molecule has 3 rings (SSSR count). The second kappa shape index (κ2) is 9.65. The number of carboxylic acids is 1. The Bertz CT molecular complexity index is 1380. The lowest BCUT2D eigenvalue weighted by atomic mass is 10.1. The van der Waals surface area contributed by atoms with Gasteiger partial charge in [0.05, 0.1) is 16.6 Å². The van der Waals surface area contributed by atoms with Crippen molar-refractivity contribution in [3.63, 3.8) is 0 Å². The molecule has 0 unspecified atom stereocenters. The first-order valence-electron chi connectivity index (χ1n) is 11.1. The van der Waals surface area contributed by atoms with E-state index in [4.69, 9.17) is 4.74 Å². The van der Waals surface area contributed by atoms with Gasteiger partial charge < -0.3 is 25.0 Å². The lowest BCUT2D eigenvalue weighted by Crippen LogP contribution is -2.44. The van der Waals surface area contributed by atoms with Gasteiger partial charge in [-0.15, -0.1) is 0 Å². The van der Waals surface area contributed by atoms with E-state index in [0.29, 0.717) is 22.2 Å². The van der Waals surface area contributed by atoms with Crippen LogP contribution < -0.4 is 21.5 Å². The molecule has 186 valence electrons. The van der Waals surface area contributed by atoms with E-state index >= 15 is 0 Å². The van der Waals surface area contributed by atoms with Crippen LogP contribution in [-0.4, -0.2) is 52.5 Å². The average molecular weight is 483 g/mol. The fourth-order valence-electron chi connectivity index (χ4n) is 3.84. The molecule has 0 aliphatic heterocycles. The molecule has 0 aliphatic carbocycles. The van der Waals surface area contributed by atoms with E-state index in [2.05, 4.69) is 10.3 Å². The molecule has 10 heteroatoms.